The highest BCUT2D eigenvalue weighted by atomic mass is 35.5. The van der Waals surface area contributed by atoms with Gasteiger partial charge in [0.2, 0.25) is 11.7 Å². The summed E-state index contributed by atoms with van der Waals surface area (Å²) >= 11 is 5.99. The molecule has 1 amide bonds. The quantitative estimate of drug-likeness (QED) is 0.688. The van der Waals surface area contributed by atoms with Crippen LogP contribution in [0.1, 0.15) is 35.0 Å². The van der Waals surface area contributed by atoms with Crippen LogP contribution in [0.4, 0.5) is 0 Å². The first kappa shape index (κ1) is 16.8. The van der Waals surface area contributed by atoms with Crippen LogP contribution in [0.2, 0.25) is 5.02 Å². The number of rotatable bonds is 3. The lowest BCUT2D eigenvalue weighted by Crippen LogP contribution is -2.38. The number of carbonyl (C=O) groups is 1. The maximum absolute atomic E-state index is 12.6. The van der Waals surface area contributed by atoms with Gasteiger partial charge in [0.15, 0.2) is 0 Å². The topological polar surface area (TPSA) is 59.2 Å². The molecule has 2 heterocycles. The summed E-state index contributed by atoms with van der Waals surface area (Å²) in [5.74, 6) is 1.46. The van der Waals surface area contributed by atoms with E-state index in [4.69, 9.17) is 16.1 Å². The molecular formula is C20H18ClN3O2. The molecule has 0 saturated carbocycles. The van der Waals surface area contributed by atoms with Crippen molar-refractivity contribution in [2.45, 2.75) is 18.8 Å². The van der Waals surface area contributed by atoms with Gasteiger partial charge in [-0.15, -0.1) is 0 Å². The van der Waals surface area contributed by atoms with E-state index in [9.17, 15) is 4.79 Å². The molecule has 1 aliphatic rings. The van der Waals surface area contributed by atoms with Crippen molar-refractivity contribution in [2.75, 3.05) is 13.1 Å². The lowest BCUT2D eigenvalue weighted by molar-refractivity contribution is 0.0704. The fourth-order valence-electron chi connectivity index (χ4n) is 3.24. The largest absolute Gasteiger partial charge is 0.339 e. The third kappa shape index (κ3) is 3.48. The Balaban J connectivity index is 1.41. The van der Waals surface area contributed by atoms with Crippen molar-refractivity contribution < 1.29 is 9.32 Å². The Labute approximate surface area is 156 Å². The zero-order valence-corrected chi connectivity index (χ0v) is 14.9. The van der Waals surface area contributed by atoms with Gasteiger partial charge in [-0.05, 0) is 31.0 Å². The molecule has 5 nitrogen and oxygen atoms in total. The number of halogens is 1. The van der Waals surface area contributed by atoms with Crippen molar-refractivity contribution in [3.8, 4) is 11.4 Å². The van der Waals surface area contributed by atoms with Gasteiger partial charge in [0.1, 0.15) is 0 Å². The fourth-order valence-corrected chi connectivity index (χ4v) is 3.43. The Morgan fingerprint density at radius 1 is 1.08 bits per heavy atom. The van der Waals surface area contributed by atoms with Crippen LogP contribution >= 0.6 is 11.6 Å². The number of carbonyl (C=O) groups excluding carboxylic acids is 1. The van der Waals surface area contributed by atoms with E-state index < -0.39 is 0 Å². The molecule has 2 aromatic carbocycles. The third-order valence-corrected chi connectivity index (χ3v) is 4.91. The van der Waals surface area contributed by atoms with Crippen molar-refractivity contribution in [2.24, 2.45) is 0 Å². The highest BCUT2D eigenvalue weighted by molar-refractivity contribution is 6.30. The molecule has 0 aliphatic carbocycles. The van der Waals surface area contributed by atoms with Crippen LogP contribution in [0, 0.1) is 0 Å². The standard InChI is InChI=1S/C20H18ClN3O2/c21-17-8-4-7-16(13-17)20(25)24-11-9-15(10-12-24)19-22-18(23-26-19)14-5-2-1-3-6-14/h1-8,13,15H,9-12H2. The van der Waals surface area contributed by atoms with Crippen molar-refractivity contribution in [3.63, 3.8) is 0 Å². The molecule has 0 unspecified atom stereocenters. The summed E-state index contributed by atoms with van der Waals surface area (Å²) in [6, 6.07) is 16.8. The number of nitrogens with zero attached hydrogens (tertiary/aromatic N) is 3. The van der Waals surface area contributed by atoms with Gasteiger partial charge in [-0.25, -0.2) is 0 Å². The summed E-state index contributed by atoms with van der Waals surface area (Å²) in [7, 11) is 0. The molecule has 0 spiro atoms. The summed E-state index contributed by atoms with van der Waals surface area (Å²) in [6.07, 6.45) is 1.62. The molecule has 0 N–H and O–H groups in total. The highest BCUT2D eigenvalue weighted by Crippen LogP contribution is 2.29. The summed E-state index contributed by atoms with van der Waals surface area (Å²) < 4.78 is 5.47. The van der Waals surface area contributed by atoms with Gasteiger partial charge in [0.25, 0.3) is 5.91 Å². The average molecular weight is 368 g/mol. The minimum absolute atomic E-state index is 0.0152. The Morgan fingerprint density at radius 3 is 2.58 bits per heavy atom. The number of likely N-dealkylation sites (tertiary alicyclic amines) is 1. The zero-order valence-electron chi connectivity index (χ0n) is 14.1. The van der Waals surface area contributed by atoms with Gasteiger partial charge < -0.3 is 9.42 Å². The molecule has 6 heteroatoms. The third-order valence-electron chi connectivity index (χ3n) is 4.68. The lowest BCUT2D eigenvalue weighted by atomic mass is 9.96. The maximum Gasteiger partial charge on any atom is 0.253 e. The molecule has 1 aromatic heterocycles. The second kappa shape index (κ2) is 7.30. The summed E-state index contributed by atoms with van der Waals surface area (Å²) in [5, 5.41) is 4.67. The number of hydrogen-bond acceptors (Lipinski definition) is 4. The van der Waals surface area contributed by atoms with E-state index >= 15 is 0 Å². The predicted octanol–water partition coefficient (Wildman–Crippen LogP) is 4.41. The van der Waals surface area contributed by atoms with Crippen LogP contribution in [-0.4, -0.2) is 34.0 Å². The molecule has 0 atom stereocenters. The van der Waals surface area contributed by atoms with E-state index in [1.165, 1.54) is 0 Å². The zero-order chi connectivity index (χ0) is 17.9. The van der Waals surface area contributed by atoms with Crippen LogP contribution in [0.5, 0.6) is 0 Å². The summed E-state index contributed by atoms with van der Waals surface area (Å²) in [6.45, 7) is 1.33. The Bertz CT molecular complexity index is 902. The van der Waals surface area contributed by atoms with Crippen LogP contribution in [0.15, 0.2) is 59.1 Å². The molecule has 0 radical (unpaired) electrons. The van der Waals surface area contributed by atoms with Gasteiger partial charge in [-0.2, -0.15) is 4.98 Å². The van der Waals surface area contributed by atoms with Crippen molar-refractivity contribution in [3.05, 3.63) is 71.1 Å². The lowest BCUT2D eigenvalue weighted by Gasteiger charge is -2.30. The van der Waals surface area contributed by atoms with E-state index in [0.717, 1.165) is 18.4 Å². The fraction of sp³-hybridized carbons (Fsp3) is 0.250. The minimum atomic E-state index is 0.0152. The van der Waals surface area contributed by atoms with Crippen molar-refractivity contribution in [1.82, 2.24) is 15.0 Å². The predicted molar refractivity (Wildman–Crippen MR) is 99.1 cm³/mol. The van der Waals surface area contributed by atoms with E-state index in [-0.39, 0.29) is 11.8 Å². The van der Waals surface area contributed by atoms with Crippen molar-refractivity contribution >= 4 is 17.5 Å². The molecule has 1 aliphatic heterocycles. The Kier molecular flexibility index (Phi) is 4.71. The van der Waals surface area contributed by atoms with Gasteiger partial charge in [0.05, 0.1) is 0 Å². The molecule has 26 heavy (non-hydrogen) atoms. The van der Waals surface area contributed by atoms with Crippen LogP contribution in [0.3, 0.4) is 0 Å². The number of hydrogen-bond donors (Lipinski definition) is 0. The number of piperidine rings is 1. The van der Waals surface area contributed by atoms with E-state index in [1.807, 2.05) is 35.2 Å². The second-order valence-electron chi connectivity index (χ2n) is 6.40. The number of aromatic nitrogens is 2. The van der Waals surface area contributed by atoms with E-state index in [0.29, 0.717) is 35.4 Å². The summed E-state index contributed by atoms with van der Waals surface area (Å²) in [4.78, 5) is 19.0. The molecule has 3 aromatic rings. The van der Waals surface area contributed by atoms with Gasteiger partial charge in [-0.1, -0.05) is 53.2 Å². The van der Waals surface area contributed by atoms with Gasteiger partial charge >= 0.3 is 0 Å². The number of benzene rings is 2. The maximum atomic E-state index is 12.6. The molecule has 1 saturated heterocycles. The first-order valence-corrected chi connectivity index (χ1v) is 9.02. The first-order chi connectivity index (χ1) is 12.7. The molecule has 1 fully saturated rings. The van der Waals surface area contributed by atoms with Crippen LogP contribution < -0.4 is 0 Å². The number of amides is 1. The molecule has 4 rings (SSSR count). The molecule has 0 bridgehead atoms. The smallest absolute Gasteiger partial charge is 0.253 e. The van der Waals surface area contributed by atoms with Crippen LogP contribution in [0.25, 0.3) is 11.4 Å². The monoisotopic (exact) mass is 367 g/mol. The Morgan fingerprint density at radius 2 is 1.85 bits per heavy atom. The molecular weight excluding hydrogens is 350 g/mol. The van der Waals surface area contributed by atoms with E-state index in [1.54, 1.807) is 24.3 Å². The summed E-state index contributed by atoms with van der Waals surface area (Å²) in [5.41, 5.74) is 1.57. The van der Waals surface area contributed by atoms with E-state index in [2.05, 4.69) is 10.1 Å². The average Bonchev–Trinajstić information content (AvgIpc) is 3.18. The highest BCUT2D eigenvalue weighted by Gasteiger charge is 2.28. The van der Waals surface area contributed by atoms with Crippen molar-refractivity contribution in [1.29, 1.82) is 0 Å². The van der Waals surface area contributed by atoms with Crippen LogP contribution in [-0.2, 0) is 0 Å². The first-order valence-electron chi connectivity index (χ1n) is 8.64. The Hall–Kier alpha value is -2.66. The minimum Gasteiger partial charge on any atom is -0.339 e. The molecule has 132 valence electrons. The SMILES string of the molecule is O=C(c1cccc(Cl)c1)N1CCC(c2nc(-c3ccccc3)no2)CC1. The van der Waals surface area contributed by atoms with Gasteiger partial charge in [0, 0.05) is 35.2 Å². The van der Waals surface area contributed by atoms with Gasteiger partial charge in [-0.3, -0.25) is 4.79 Å². The normalized spacial score (nSPS) is 15.2. The second-order valence-corrected chi connectivity index (χ2v) is 6.84.